The van der Waals surface area contributed by atoms with Gasteiger partial charge in [-0.15, -0.1) is 0 Å². The van der Waals surface area contributed by atoms with E-state index in [2.05, 4.69) is 10.3 Å². The summed E-state index contributed by atoms with van der Waals surface area (Å²) in [6.07, 6.45) is 0.942. The Morgan fingerprint density at radius 2 is 2.19 bits per heavy atom. The summed E-state index contributed by atoms with van der Waals surface area (Å²) in [6, 6.07) is 6.10. The average Bonchev–Trinajstić information content (AvgIpc) is 2.85. The van der Waals surface area contributed by atoms with Crippen molar-refractivity contribution in [2.45, 2.75) is 13.3 Å². The first-order valence-electron chi connectivity index (χ1n) is 6.57. The van der Waals surface area contributed by atoms with E-state index in [4.69, 9.17) is 5.73 Å². The van der Waals surface area contributed by atoms with Gasteiger partial charge in [0.25, 0.3) is 5.91 Å². The zero-order chi connectivity index (χ0) is 15.4. The third kappa shape index (κ3) is 3.30. The van der Waals surface area contributed by atoms with Crippen molar-refractivity contribution in [2.24, 2.45) is 0 Å². The Hall–Kier alpha value is -2.15. The van der Waals surface area contributed by atoms with Crippen molar-refractivity contribution < 1.29 is 9.18 Å². The van der Waals surface area contributed by atoms with Gasteiger partial charge in [-0.2, -0.15) is 0 Å². The molecule has 2 aromatic rings. The number of nitrogens with one attached hydrogen (secondary N) is 1. The predicted molar refractivity (Wildman–Crippen MR) is 84.4 cm³/mol. The summed E-state index contributed by atoms with van der Waals surface area (Å²) in [5.41, 5.74) is 5.99. The molecule has 0 aliphatic rings. The molecule has 21 heavy (non-hydrogen) atoms. The predicted octanol–water partition coefficient (Wildman–Crippen LogP) is 2.96. The lowest BCUT2D eigenvalue weighted by molar-refractivity contribution is 0.0996. The van der Waals surface area contributed by atoms with Gasteiger partial charge in [-0.05, 0) is 18.6 Å². The first-order chi connectivity index (χ1) is 10.0. The van der Waals surface area contributed by atoms with Crippen LogP contribution in [0.1, 0.15) is 23.0 Å². The van der Waals surface area contributed by atoms with Crippen LogP contribution in [-0.2, 0) is 0 Å². The van der Waals surface area contributed by atoms with Gasteiger partial charge in [0, 0.05) is 13.6 Å². The molecule has 2 rings (SSSR count). The van der Waals surface area contributed by atoms with Crippen molar-refractivity contribution in [3.05, 3.63) is 35.0 Å². The van der Waals surface area contributed by atoms with Gasteiger partial charge < -0.3 is 16.0 Å². The van der Waals surface area contributed by atoms with E-state index >= 15 is 0 Å². The third-order valence-corrected chi connectivity index (χ3v) is 3.91. The largest absolute Gasteiger partial charge is 0.382 e. The number of rotatable bonds is 5. The SMILES string of the molecule is CCCNc1nc(N)c(C(=O)N(C)c2ccccc2F)s1. The molecule has 0 aliphatic carbocycles. The van der Waals surface area contributed by atoms with Crippen molar-refractivity contribution in [2.75, 3.05) is 29.5 Å². The summed E-state index contributed by atoms with van der Waals surface area (Å²) in [5.74, 6) is -0.674. The third-order valence-electron chi connectivity index (χ3n) is 2.89. The Bertz CT molecular complexity index is 644. The van der Waals surface area contributed by atoms with Crippen molar-refractivity contribution in [3.8, 4) is 0 Å². The fourth-order valence-corrected chi connectivity index (χ4v) is 2.66. The van der Waals surface area contributed by atoms with Gasteiger partial charge in [-0.25, -0.2) is 9.37 Å². The molecule has 0 bridgehead atoms. The summed E-state index contributed by atoms with van der Waals surface area (Å²) in [4.78, 5) is 18.1. The van der Waals surface area contributed by atoms with E-state index in [1.54, 1.807) is 18.2 Å². The van der Waals surface area contributed by atoms with Crippen molar-refractivity contribution in [1.82, 2.24) is 4.98 Å². The smallest absolute Gasteiger partial charge is 0.272 e. The lowest BCUT2D eigenvalue weighted by Crippen LogP contribution is -2.27. The number of nitrogens with zero attached hydrogens (tertiary/aromatic N) is 2. The highest BCUT2D eigenvalue weighted by atomic mass is 32.1. The molecule has 0 fully saturated rings. The molecule has 0 spiro atoms. The zero-order valence-electron chi connectivity index (χ0n) is 11.9. The monoisotopic (exact) mass is 308 g/mol. The van der Waals surface area contributed by atoms with E-state index in [1.165, 1.54) is 29.4 Å². The van der Waals surface area contributed by atoms with E-state index in [1.807, 2.05) is 6.92 Å². The number of benzene rings is 1. The summed E-state index contributed by atoms with van der Waals surface area (Å²) in [7, 11) is 1.51. The molecule has 5 nitrogen and oxygen atoms in total. The Morgan fingerprint density at radius 3 is 2.86 bits per heavy atom. The van der Waals surface area contributed by atoms with Gasteiger partial charge in [0.1, 0.15) is 16.5 Å². The fourth-order valence-electron chi connectivity index (χ4n) is 1.78. The maximum atomic E-state index is 13.7. The Balaban J connectivity index is 2.23. The second-order valence-electron chi connectivity index (χ2n) is 4.48. The molecule has 3 N–H and O–H groups in total. The van der Waals surface area contributed by atoms with Crippen molar-refractivity contribution in [3.63, 3.8) is 0 Å². The van der Waals surface area contributed by atoms with Crippen LogP contribution in [0.15, 0.2) is 24.3 Å². The number of nitrogens with two attached hydrogens (primary N) is 1. The molecule has 1 aromatic carbocycles. The number of anilines is 3. The van der Waals surface area contributed by atoms with Crippen molar-refractivity contribution in [1.29, 1.82) is 0 Å². The van der Waals surface area contributed by atoms with Gasteiger partial charge in [0.15, 0.2) is 5.13 Å². The number of hydrogen-bond donors (Lipinski definition) is 2. The molecule has 0 saturated heterocycles. The molecule has 0 unspecified atom stereocenters. The standard InChI is InChI=1S/C14H17FN4OS/c1-3-8-17-14-18-12(16)11(21-14)13(20)19(2)10-7-5-4-6-9(10)15/h4-7H,3,8,16H2,1-2H3,(H,17,18). The zero-order valence-corrected chi connectivity index (χ0v) is 12.7. The molecular weight excluding hydrogens is 291 g/mol. The molecule has 7 heteroatoms. The van der Waals surface area contributed by atoms with Crippen LogP contribution in [0, 0.1) is 5.82 Å². The molecule has 0 aliphatic heterocycles. The van der Waals surface area contributed by atoms with Gasteiger partial charge in [-0.3, -0.25) is 4.79 Å². The summed E-state index contributed by atoms with van der Waals surface area (Å²) in [6.45, 7) is 2.78. The lowest BCUT2D eigenvalue weighted by atomic mass is 10.2. The van der Waals surface area contributed by atoms with Crippen LogP contribution in [-0.4, -0.2) is 24.5 Å². The van der Waals surface area contributed by atoms with E-state index in [9.17, 15) is 9.18 Å². The highest BCUT2D eigenvalue weighted by Crippen LogP contribution is 2.28. The number of carbonyl (C=O) groups excluding carboxylic acids is 1. The van der Waals surface area contributed by atoms with Crippen LogP contribution in [0.25, 0.3) is 0 Å². The quantitative estimate of drug-likeness (QED) is 0.891. The minimum Gasteiger partial charge on any atom is -0.382 e. The number of hydrogen-bond acceptors (Lipinski definition) is 5. The normalized spacial score (nSPS) is 10.4. The average molecular weight is 308 g/mol. The van der Waals surface area contributed by atoms with Gasteiger partial charge >= 0.3 is 0 Å². The van der Waals surface area contributed by atoms with E-state index < -0.39 is 5.82 Å². The molecule has 0 atom stereocenters. The summed E-state index contributed by atoms with van der Waals surface area (Å²) >= 11 is 1.18. The summed E-state index contributed by atoms with van der Waals surface area (Å²) in [5, 5.41) is 3.68. The van der Waals surface area contributed by atoms with E-state index in [0.717, 1.165) is 13.0 Å². The maximum Gasteiger partial charge on any atom is 0.272 e. The van der Waals surface area contributed by atoms with Gasteiger partial charge in [-0.1, -0.05) is 30.4 Å². The molecular formula is C14H17FN4OS. The number of halogens is 1. The topological polar surface area (TPSA) is 71.2 Å². The minimum absolute atomic E-state index is 0.159. The highest BCUT2D eigenvalue weighted by Gasteiger charge is 2.22. The van der Waals surface area contributed by atoms with Crippen LogP contribution < -0.4 is 16.0 Å². The number of nitrogen functional groups attached to an aromatic ring is 1. The van der Waals surface area contributed by atoms with Crippen LogP contribution in [0.3, 0.4) is 0 Å². The first-order valence-corrected chi connectivity index (χ1v) is 7.39. The van der Waals surface area contributed by atoms with Crippen LogP contribution in [0.2, 0.25) is 0 Å². The minimum atomic E-state index is -0.458. The number of carbonyl (C=O) groups is 1. The number of thiazole rings is 1. The van der Waals surface area contributed by atoms with Gasteiger partial charge in [0.2, 0.25) is 0 Å². The Kier molecular flexibility index (Phi) is 4.74. The maximum absolute atomic E-state index is 13.7. The second-order valence-corrected chi connectivity index (χ2v) is 5.47. The molecule has 112 valence electrons. The Morgan fingerprint density at radius 1 is 1.48 bits per heavy atom. The van der Waals surface area contributed by atoms with Crippen LogP contribution in [0.5, 0.6) is 0 Å². The molecule has 0 radical (unpaired) electrons. The van der Waals surface area contributed by atoms with Crippen molar-refractivity contribution >= 4 is 33.9 Å². The van der Waals surface area contributed by atoms with E-state index in [0.29, 0.717) is 10.0 Å². The Labute approximate surface area is 126 Å². The molecule has 0 saturated carbocycles. The summed E-state index contributed by atoms with van der Waals surface area (Å²) < 4.78 is 13.7. The number of amides is 1. The van der Waals surface area contributed by atoms with E-state index in [-0.39, 0.29) is 17.4 Å². The van der Waals surface area contributed by atoms with Crippen LogP contribution >= 0.6 is 11.3 Å². The van der Waals surface area contributed by atoms with Crippen LogP contribution in [0.4, 0.5) is 21.0 Å². The first kappa shape index (κ1) is 15.2. The molecule has 1 aromatic heterocycles. The van der Waals surface area contributed by atoms with Gasteiger partial charge in [0.05, 0.1) is 5.69 Å². The number of aromatic nitrogens is 1. The number of para-hydroxylation sites is 1. The molecule has 1 heterocycles. The lowest BCUT2D eigenvalue weighted by Gasteiger charge is -2.17. The highest BCUT2D eigenvalue weighted by molar-refractivity contribution is 7.18. The fraction of sp³-hybridized carbons (Fsp3) is 0.286. The molecule has 1 amide bonds. The second kappa shape index (κ2) is 6.53.